The third-order valence-corrected chi connectivity index (χ3v) is 4.21. The second kappa shape index (κ2) is 5.52. The molecule has 1 aliphatic rings. The Bertz CT molecular complexity index is 688. The van der Waals surface area contributed by atoms with Crippen molar-refractivity contribution in [2.24, 2.45) is 11.3 Å². The Morgan fingerprint density at radius 1 is 0.842 bits per heavy atom. The van der Waals surface area contributed by atoms with Crippen molar-refractivity contribution in [3.05, 3.63) is 71.3 Å². The maximum Gasteiger partial charge on any atom is 0.169 e. The van der Waals surface area contributed by atoms with Crippen LogP contribution in [0.1, 0.15) is 16.7 Å². The summed E-state index contributed by atoms with van der Waals surface area (Å²) < 4.78 is 8.99. The van der Waals surface area contributed by atoms with E-state index in [-0.39, 0.29) is 0 Å². The number of aryl methyl sites for hydroxylation is 1. The SMILES string of the molecule is Cc1ccccc1C1=NI=NC(c2ccccc2)=N1. The molecule has 2 aromatic rings. The number of hydrogen-bond donors (Lipinski definition) is 0. The third-order valence-electron chi connectivity index (χ3n) is 2.87. The zero-order valence-electron chi connectivity index (χ0n) is 10.4. The van der Waals surface area contributed by atoms with Crippen LogP contribution in [0.2, 0.25) is 0 Å². The van der Waals surface area contributed by atoms with Crippen molar-refractivity contribution in [3.8, 4) is 0 Å². The first-order valence-electron chi connectivity index (χ1n) is 5.97. The molecule has 4 heteroatoms. The van der Waals surface area contributed by atoms with Crippen molar-refractivity contribution in [2.45, 2.75) is 6.92 Å². The van der Waals surface area contributed by atoms with Crippen molar-refractivity contribution in [1.82, 2.24) is 0 Å². The molecule has 0 unspecified atom stereocenters. The van der Waals surface area contributed by atoms with Crippen molar-refractivity contribution >= 4 is 33.0 Å². The molecule has 1 aliphatic heterocycles. The fourth-order valence-electron chi connectivity index (χ4n) is 1.86. The Hall–Kier alpha value is -1.69. The van der Waals surface area contributed by atoms with Crippen molar-refractivity contribution < 1.29 is 0 Å². The smallest absolute Gasteiger partial charge is 0.169 e. The summed E-state index contributed by atoms with van der Waals surface area (Å²) in [6.45, 7) is 2.08. The molecule has 3 rings (SSSR count). The van der Waals surface area contributed by atoms with Gasteiger partial charge in [0.05, 0.1) is 0 Å². The molecule has 19 heavy (non-hydrogen) atoms. The highest BCUT2D eigenvalue weighted by Gasteiger charge is 2.11. The molecule has 0 bridgehead atoms. The lowest BCUT2D eigenvalue weighted by molar-refractivity contribution is 1.41. The molecule has 0 saturated heterocycles. The van der Waals surface area contributed by atoms with Gasteiger partial charge >= 0.3 is 0 Å². The lowest BCUT2D eigenvalue weighted by Gasteiger charge is -2.08. The van der Waals surface area contributed by atoms with E-state index in [1.165, 1.54) is 5.56 Å². The highest BCUT2D eigenvalue weighted by Crippen LogP contribution is 2.20. The molecular formula is C15H12IN3. The summed E-state index contributed by atoms with van der Waals surface area (Å²) in [6, 6.07) is 18.3. The lowest BCUT2D eigenvalue weighted by Crippen LogP contribution is -2.06. The highest BCUT2D eigenvalue weighted by molar-refractivity contribution is 14.1. The standard InChI is InChI=1S/C15H12IN3/c1-11-7-5-6-10-13(11)15-17-14(18-16-19-15)12-8-3-2-4-9-12/h2-10H,1H3. The Morgan fingerprint density at radius 2 is 1.58 bits per heavy atom. The van der Waals surface area contributed by atoms with Crippen molar-refractivity contribution in [2.75, 3.05) is 0 Å². The summed E-state index contributed by atoms with van der Waals surface area (Å²) >= 11 is -0.548. The van der Waals surface area contributed by atoms with Crippen LogP contribution in [0, 0.1) is 6.92 Å². The number of hydrogen-bond acceptors (Lipinski definition) is 3. The Morgan fingerprint density at radius 3 is 2.37 bits per heavy atom. The van der Waals surface area contributed by atoms with E-state index in [4.69, 9.17) is 0 Å². The fourth-order valence-corrected chi connectivity index (χ4v) is 3.13. The predicted molar refractivity (Wildman–Crippen MR) is 87.1 cm³/mol. The molecule has 1 heterocycles. The van der Waals surface area contributed by atoms with Gasteiger partial charge in [0.25, 0.3) is 0 Å². The molecule has 0 radical (unpaired) electrons. The van der Waals surface area contributed by atoms with Crippen LogP contribution in [0.15, 0.2) is 65.9 Å². The van der Waals surface area contributed by atoms with Crippen LogP contribution in [0.3, 0.4) is 0 Å². The summed E-state index contributed by atoms with van der Waals surface area (Å²) in [7, 11) is 0. The predicted octanol–water partition coefficient (Wildman–Crippen LogP) is 4.27. The molecule has 0 aromatic heterocycles. The van der Waals surface area contributed by atoms with E-state index in [1.807, 2.05) is 42.5 Å². The maximum atomic E-state index is 4.61. The van der Waals surface area contributed by atoms with E-state index in [0.717, 1.165) is 22.8 Å². The zero-order chi connectivity index (χ0) is 13.1. The van der Waals surface area contributed by atoms with Gasteiger partial charge in [-0.15, -0.1) is 0 Å². The molecule has 0 amide bonds. The molecule has 0 fully saturated rings. The molecule has 0 N–H and O–H groups in total. The van der Waals surface area contributed by atoms with E-state index in [0.29, 0.717) is 0 Å². The van der Waals surface area contributed by atoms with Crippen molar-refractivity contribution in [3.63, 3.8) is 0 Å². The van der Waals surface area contributed by atoms with Gasteiger partial charge in [-0.05, 0) is 12.5 Å². The Labute approximate surface area is 122 Å². The first-order valence-corrected chi connectivity index (χ1v) is 7.90. The lowest BCUT2D eigenvalue weighted by atomic mass is 10.1. The van der Waals surface area contributed by atoms with E-state index >= 15 is 0 Å². The maximum absolute atomic E-state index is 4.61. The Kier molecular flexibility index (Phi) is 3.59. The summed E-state index contributed by atoms with van der Waals surface area (Å²) in [6.07, 6.45) is 0. The number of halogens is 1. The molecule has 3 nitrogen and oxygen atoms in total. The molecular weight excluding hydrogens is 349 g/mol. The average Bonchev–Trinajstić information content (AvgIpc) is 2.49. The zero-order valence-corrected chi connectivity index (χ0v) is 12.6. The molecule has 94 valence electrons. The summed E-state index contributed by atoms with van der Waals surface area (Å²) in [5, 5.41) is 0. The van der Waals surface area contributed by atoms with Gasteiger partial charge in [0.1, 0.15) is 21.3 Å². The highest BCUT2D eigenvalue weighted by atomic mass is 127. The van der Waals surface area contributed by atoms with Crippen molar-refractivity contribution in [1.29, 1.82) is 0 Å². The summed E-state index contributed by atoms with van der Waals surface area (Å²) in [4.78, 5) is 4.61. The average molecular weight is 361 g/mol. The van der Waals surface area contributed by atoms with E-state index in [9.17, 15) is 0 Å². The molecule has 0 aliphatic carbocycles. The molecule has 2 aromatic carbocycles. The van der Waals surface area contributed by atoms with Gasteiger partial charge in [-0.2, -0.15) is 6.35 Å². The van der Waals surface area contributed by atoms with Crippen LogP contribution in [-0.4, -0.2) is 11.7 Å². The monoisotopic (exact) mass is 361 g/mol. The van der Waals surface area contributed by atoms with Gasteiger partial charge in [0.15, 0.2) is 11.7 Å². The summed E-state index contributed by atoms with van der Waals surface area (Å²) in [5.74, 6) is 1.63. The van der Waals surface area contributed by atoms with Crippen LogP contribution in [0.25, 0.3) is 0 Å². The first-order chi connectivity index (χ1) is 9.34. The molecule has 0 saturated carbocycles. The number of benzene rings is 2. The number of rotatable bonds is 2. The number of amidine groups is 2. The second-order valence-electron chi connectivity index (χ2n) is 4.18. The third kappa shape index (κ3) is 2.68. The first kappa shape index (κ1) is 12.3. The number of nitrogens with zero attached hydrogens (tertiary/aromatic N) is 3. The Balaban J connectivity index is 2.03. The van der Waals surface area contributed by atoms with Gasteiger partial charge < -0.3 is 0 Å². The quantitative estimate of drug-likeness (QED) is 0.717. The van der Waals surface area contributed by atoms with E-state index in [2.05, 4.69) is 30.4 Å². The molecule has 0 atom stereocenters. The van der Waals surface area contributed by atoms with Gasteiger partial charge in [-0.25, -0.2) is 4.99 Å². The minimum Gasteiger partial charge on any atom is -0.207 e. The van der Waals surface area contributed by atoms with Gasteiger partial charge in [-0.1, -0.05) is 54.6 Å². The van der Waals surface area contributed by atoms with Crippen LogP contribution in [-0.2, 0) is 0 Å². The van der Waals surface area contributed by atoms with Gasteiger partial charge in [-0.3, -0.25) is 0 Å². The number of aliphatic imine (C=N–C) groups is 1. The topological polar surface area (TPSA) is 37.1 Å². The largest absolute Gasteiger partial charge is 0.207 e. The molecule has 0 spiro atoms. The van der Waals surface area contributed by atoms with Crippen LogP contribution in [0.5, 0.6) is 0 Å². The normalized spacial score (nSPS) is 14.4. The minimum absolute atomic E-state index is 0.548. The van der Waals surface area contributed by atoms with Gasteiger partial charge in [0.2, 0.25) is 0 Å². The van der Waals surface area contributed by atoms with Gasteiger partial charge in [0, 0.05) is 11.1 Å². The second-order valence-corrected chi connectivity index (χ2v) is 5.58. The van der Waals surface area contributed by atoms with Crippen LogP contribution < -0.4 is 0 Å². The summed E-state index contributed by atoms with van der Waals surface area (Å²) in [5.41, 5.74) is 3.36. The van der Waals surface area contributed by atoms with Crippen LogP contribution >= 0.6 is 21.3 Å². The van der Waals surface area contributed by atoms with Crippen LogP contribution in [0.4, 0.5) is 0 Å². The van der Waals surface area contributed by atoms with E-state index < -0.39 is 21.3 Å². The van der Waals surface area contributed by atoms with E-state index in [1.54, 1.807) is 0 Å². The minimum atomic E-state index is -0.548. The fraction of sp³-hybridized carbons (Fsp3) is 0.0667.